The molecule has 2 amide bonds. The van der Waals surface area contributed by atoms with Gasteiger partial charge in [-0.2, -0.15) is 0 Å². The lowest BCUT2D eigenvalue weighted by atomic mass is 9.66. The maximum atomic E-state index is 14.6. The molecule has 0 saturated carbocycles. The number of nitrogens with zero attached hydrogens (tertiary/aromatic N) is 5. The number of carbonyl (C=O) groups excluding carboxylic acids is 3. The Labute approximate surface area is 246 Å². The Morgan fingerprint density at radius 1 is 1.19 bits per heavy atom. The summed E-state index contributed by atoms with van der Waals surface area (Å²) in [5.41, 5.74) is -0.541. The Morgan fingerprint density at radius 2 is 1.98 bits per heavy atom. The van der Waals surface area contributed by atoms with Crippen molar-refractivity contribution < 1.29 is 29.0 Å². The van der Waals surface area contributed by atoms with Crippen LogP contribution in [0.4, 0.5) is 0 Å². The van der Waals surface area contributed by atoms with Gasteiger partial charge in [0.05, 0.1) is 23.6 Å². The molecule has 0 aliphatic carbocycles. The standard InChI is InChI=1S/C31H41N5O6/c1-4-6-20-41-29(40)25-24-27(38)35(18-11-7-8-12-19-37)26(31(24)16-15-30(25,3)42-31)28(39)34(17-5-2)21-36-23-14-10-9-13-22(23)32-33-36/h4-5,9-10,13-14,24-26,37H,1-2,6-8,11-12,15-21H2,3H3/t24-,25+,26?,30-,31?/m0/s1. The van der Waals surface area contributed by atoms with Gasteiger partial charge in [0.15, 0.2) is 0 Å². The third kappa shape index (κ3) is 5.13. The van der Waals surface area contributed by atoms with Crippen LogP contribution in [0.1, 0.15) is 51.9 Å². The fourth-order valence-electron chi connectivity index (χ4n) is 7.11. The van der Waals surface area contributed by atoms with Gasteiger partial charge in [0.2, 0.25) is 11.8 Å². The fourth-order valence-corrected chi connectivity index (χ4v) is 7.11. The van der Waals surface area contributed by atoms with Crippen LogP contribution in [0, 0.1) is 11.8 Å². The van der Waals surface area contributed by atoms with Crippen LogP contribution < -0.4 is 0 Å². The zero-order valence-corrected chi connectivity index (χ0v) is 24.3. The zero-order valence-electron chi connectivity index (χ0n) is 24.3. The van der Waals surface area contributed by atoms with Crippen LogP contribution in [0.25, 0.3) is 11.0 Å². The fraction of sp³-hybridized carbons (Fsp3) is 0.581. The van der Waals surface area contributed by atoms with Crippen LogP contribution in [-0.4, -0.2) is 91.2 Å². The Morgan fingerprint density at radius 3 is 2.74 bits per heavy atom. The molecule has 226 valence electrons. The van der Waals surface area contributed by atoms with Gasteiger partial charge in [-0.25, -0.2) is 4.68 Å². The van der Waals surface area contributed by atoms with E-state index in [9.17, 15) is 19.5 Å². The molecule has 2 aromatic rings. The number of likely N-dealkylation sites (tertiary alicyclic amines) is 1. The molecule has 5 atom stereocenters. The second-order valence-corrected chi connectivity index (χ2v) is 11.7. The number of benzene rings is 1. The van der Waals surface area contributed by atoms with E-state index in [0.29, 0.717) is 44.2 Å². The number of aliphatic hydroxyl groups is 1. The minimum absolute atomic E-state index is 0.116. The first kappa shape index (κ1) is 29.9. The van der Waals surface area contributed by atoms with Gasteiger partial charge in [0, 0.05) is 19.7 Å². The van der Waals surface area contributed by atoms with E-state index in [0.717, 1.165) is 18.4 Å². The molecule has 5 rings (SSSR count). The topological polar surface area (TPSA) is 127 Å². The van der Waals surface area contributed by atoms with Crippen molar-refractivity contribution in [3.8, 4) is 0 Å². The van der Waals surface area contributed by atoms with Crippen molar-refractivity contribution in [2.75, 3.05) is 26.3 Å². The number of unbranched alkanes of at least 4 members (excludes halogenated alkanes) is 3. The Hall–Kier alpha value is -3.57. The quantitative estimate of drug-likeness (QED) is 0.194. The summed E-state index contributed by atoms with van der Waals surface area (Å²) in [4.78, 5) is 45.5. The van der Waals surface area contributed by atoms with Crippen LogP contribution in [0.5, 0.6) is 0 Å². The minimum Gasteiger partial charge on any atom is -0.465 e. The lowest BCUT2D eigenvalue weighted by Crippen LogP contribution is -2.56. The van der Waals surface area contributed by atoms with E-state index in [1.54, 1.807) is 26.6 Å². The van der Waals surface area contributed by atoms with Crippen LogP contribution in [0.2, 0.25) is 0 Å². The molecule has 3 saturated heterocycles. The van der Waals surface area contributed by atoms with Crippen LogP contribution in [0.3, 0.4) is 0 Å². The number of hydrogen-bond donors (Lipinski definition) is 1. The first-order chi connectivity index (χ1) is 20.3. The van der Waals surface area contributed by atoms with Crippen molar-refractivity contribution in [2.45, 2.75) is 75.8 Å². The highest BCUT2D eigenvalue weighted by molar-refractivity contribution is 5.98. The van der Waals surface area contributed by atoms with E-state index in [1.165, 1.54) is 0 Å². The number of amides is 2. The van der Waals surface area contributed by atoms with E-state index < -0.39 is 35.0 Å². The Bertz CT molecular complexity index is 1340. The first-order valence-electron chi connectivity index (χ1n) is 14.9. The minimum atomic E-state index is -1.14. The average Bonchev–Trinajstić information content (AvgIpc) is 3.68. The lowest BCUT2D eigenvalue weighted by Gasteiger charge is -2.36. The van der Waals surface area contributed by atoms with Crippen molar-refractivity contribution in [3.63, 3.8) is 0 Å². The number of carbonyl (C=O) groups is 3. The predicted octanol–water partition coefficient (Wildman–Crippen LogP) is 2.84. The molecule has 3 fully saturated rings. The number of rotatable bonds is 15. The normalized spacial score (nSPS) is 27.8. The van der Waals surface area contributed by atoms with Crippen LogP contribution in [-0.2, 0) is 30.5 Å². The van der Waals surface area contributed by atoms with Gasteiger partial charge in [-0.1, -0.05) is 42.3 Å². The van der Waals surface area contributed by atoms with Gasteiger partial charge in [-0.3, -0.25) is 14.4 Å². The summed E-state index contributed by atoms with van der Waals surface area (Å²) in [5.74, 6) is -2.59. The molecule has 1 N–H and O–H groups in total. The van der Waals surface area contributed by atoms with Gasteiger partial charge in [0.1, 0.15) is 29.7 Å². The molecule has 1 aromatic heterocycles. The summed E-state index contributed by atoms with van der Waals surface area (Å²) in [5, 5.41) is 17.7. The molecule has 3 aliphatic heterocycles. The monoisotopic (exact) mass is 579 g/mol. The number of aliphatic hydroxyl groups excluding tert-OH is 1. The van der Waals surface area contributed by atoms with E-state index in [1.807, 2.05) is 31.2 Å². The number of hydrogen-bond acceptors (Lipinski definition) is 8. The second kappa shape index (κ2) is 12.3. The van der Waals surface area contributed by atoms with Gasteiger partial charge in [-0.05, 0) is 51.2 Å². The van der Waals surface area contributed by atoms with E-state index in [2.05, 4.69) is 23.5 Å². The highest BCUT2D eigenvalue weighted by atomic mass is 16.6. The van der Waals surface area contributed by atoms with E-state index in [-0.39, 0.29) is 38.2 Å². The Kier molecular flexibility index (Phi) is 8.79. The summed E-state index contributed by atoms with van der Waals surface area (Å²) < 4.78 is 13.9. The molecule has 1 aromatic carbocycles. The molecule has 1 spiro atoms. The largest absolute Gasteiger partial charge is 0.465 e. The summed E-state index contributed by atoms with van der Waals surface area (Å²) >= 11 is 0. The molecular formula is C31H41N5O6. The molecule has 4 heterocycles. The maximum Gasteiger partial charge on any atom is 0.312 e. The van der Waals surface area contributed by atoms with Gasteiger partial charge in [0.25, 0.3) is 0 Å². The summed E-state index contributed by atoms with van der Waals surface area (Å²) in [7, 11) is 0. The average molecular weight is 580 g/mol. The van der Waals surface area contributed by atoms with Crippen LogP contribution >= 0.6 is 0 Å². The second-order valence-electron chi connectivity index (χ2n) is 11.7. The third-order valence-electron chi connectivity index (χ3n) is 9.02. The third-order valence-corrected chi connectivity index (χ3v) is 9.02. The smallest absolute Gasteiger partial charge is 0.312 e. The summed E-state index contributed by atoms with van der Waals surface area (Å²) in [6.45, 7) is 10.4. The molecule has 11 nitrogen and oxygen atoms in total. The van der Waals surface area contributed by atoms with Crippen molar-refractivity contribution in [1.82, 2.24) is 24.8 Å². The molecule has 11 heteroatoms. The lowest BCUT2D eigenvalue weighted by molar-refractivity contribution is -0.160. The van der Waals surface area contributed by atoms with Gasteiger partial charge >= 0.3 is 5.97 Å². The molecular weight excluding hydrogens is 538 g/mol. The highest BCUT2D eigenvalue weighted by Crippen LogP contribution is 2.63. The van der Waals surface area contributed by atoms with Crippen molar-refractivity contribution in [1.29, 1.82) is 0 Å². The number of ether oxygens (including phenoxy) is 2. The molecule has 42 heavy (non-hydrogen) atoms. The zero-order chi connectivity index (χ0) is 29.9. The van der Waals surface area contributed by atoms with Crippen molar-refractivity contribution >= 4 is 28.8 Å². The van der Waals surface area contributed by atoms with Gasteiger partial charge < -0.3 is 24.4 Å². The predicted molar refractivity (Wildman–Crippen MR) is 155 cm³/mol. The summed E-state index contributed by atoms with van der Waals surface area (Å²) in [6.07, 6.45) is 7.83. The van der Waals surface area contributed by atoms with E-state index >= 15 is 0 Å². The molecule has 2 bridgehead atoms. The SMILES string of the molecule is C=CCCOC(=O)[C@H]1[C@H]2C(=O)N(CCCCCCO)C(C(=O)N(CC=C)Cn3nnc4ccccc43)C23CC[C@]1(C)O3. The summed E-state index contributed by atoms with van der Waals surface area (Å²) in [6, 6.07) is 6.61. The molecule has 0 radical (unpaired) electrons. The highest BCUT2D eigenvalue weighted by Gasteiger charge is 2.78. The molecule has 3 aliphatic rings. The number of fused-ring (bicyclic) bond motifs is 2. The van der Waals surface area contributed by atoms with E-state index in [4.69, 9.17) is 9.47 Å². The van der Waals surface area contributed by atoms with Gasteiger partial charge in [-0.15, -0.1) is 18.3 Å². The Balaban J connectivity index is 1.48. The number of esters is 1. The van der Waals surface area contributed by atoms with Crippen molar-refractivity contribution in [3.05, 3.63) is 49.6 Å². The molecule has 2 unspecified atom stereocenters. The van der Waals surface area contributed by atoms with Crippen LogP contribution in [0.15, 0.2) is 49.6 Å². The first-order valence-corrected chi connectivity index (χ1v) is 14.9. The van der Waals surface area contributed by atoms with Crippen molar-refractivity contribution in [2.24, 2.45) is 11.8 Å². The number of aromatic nitrogens is 3. The number of para-hydroxylation sites is 1. The maximum absolute atomic E-state index is 14.6.